The highest BCUT2D eigenvalue weighted by Crippen LogP contribution is 2.50. The lowest BCUT2D eigenvalue weighted by molar-refractivity contribution is -0.490. The van der Waals surface area contributed by atoms with Crippen LogP contribution in [0.15, 0.2) is 12.1 Å². The molecule has 0 rings (SSSR count). The van der Waals surface area contributed by atoms with E-state index in [1.165, 1.54) is 0 Å². The molecule has 15 heteroatoms. The Morgan fingerprint density at radius 1 is 0.773 bits per heavy atom. The van der Waals surface area contributed by atoms with Gasteiger partial charge in [0.15, 0.2) is 0 Å². The Labute approximate surface area is 111 Å². The van der Waals surface area contributed by atoms with Crippen LogP contribution in [-0.2, 0) is 14.3 Å². The fraction of sp³-hybridized carbons (Fsp3) is 0.571. The van der Waals surface area contributed by atoms with Gasteiger partial charge in [0.1, 0.15) is 0 Å². The standard InChI is InChI=1S/C7F12O3/c8-1(9)2(10)21-7(18,19)5(14,6(15,16)17)22-4(12,13)3(11)20. The molecule has 3 nitrogen and oxygen atoms in total. The lowest BCUT2D eigenvalue weighted by Gasteiger charge is -2.34. The first-order chi connectivity index (χ1) is 9.48. The van der Waals surface area contributed by atoms with Crippen molar-refractivity contribution in [3.63, 3.8) is 0 Å². The van der Waals surface area contributed by atoms with Gasteiger partial charge in [0.05, 0.1) is 0 Å². The predicted octanol–water partition coefficient (Wildman–Crippen LogP) is 3.96. The molecule has 0 heterocycles. The van der Waals surface area contributed by atoms with E-state index in [1.807, 2.05) is 4.74 Å². The van der Waals surface area contributed by atoms with E-state index < -0.39 is 42.4 Å². The molecule has 0 aromatic heterocycles. The molecule has 22 heavy (non-hydrogen) atoms. The molecule has 0 bridgehead atoms. The average molecular weight is 360 g/mol. The van der Waals surface area contributed by atoms with Crippen molar-refractivity contribution >= 4 is 6.04 Å². The Morgan fingerprint density at radius 2 is 1.18 bits per heavy atom. The summed E-state index contributed by atoms with van der Waals surface area (Å²) in [6.45, 7) is 0. The molecule has 0 spiro atoms. The number of halogens is 12. The van der Waals surface area contributed by atoms with Gasteiger partial charge in [-0.3, -0.25) is 9.53 Å². The van der Waals surface area contributed by atoms with Crippen LogP contribution in [0.5, 0.6) is 0 Å². The van der Waals surface area contributed by atoms with Crippen LogP contribution in [0.3, 0.4) is 0 Å². The van der Waals surface area contributed by atoms with Crippen molar-refractivity contribution in [1.82, 2.24) is 0 Å². The Balaban J connectivity index is 5.93. The molecule has 0 fully saturated rings. The minimum Gasteiger partial charge on any atom is -0.398 e. The fourth-order valence-electron chi connectivity index (χ4n) is 0.716. The predicted molar refractivity (Wildman–Crippen MR) is 38.4 cm³/mol. The van der Waals surface area contributed by atoms with Crippen LogP contribution in [0.25, 0.3) is 0 Å². The van der Waals surface area contributed by atoms with Crippen molar-refractivity contribution < 1.29 is 67.0 Å². The van der Waals surface area contributed by atoms with Crippen molar-refractivity contribution in [2.45, 2.75) is 24.2 Å². The monoisotopic (exact) mass is 360 g/mol. The summed E-state index contributed by atoms with van der Waals surface area (Å²) in [6.07, 6.45) is -24.3. The largest absolute Gasteiger partial charge is 0.471 e. The van der Waals surface area contributed by atoms with Crippen molar-refractivity contribution in [3.8, 4) is 0 Å². The Morgan fingerprint density at radius 3 is 1.45 bits per heavy atom. The molecule has 0 aromatic rings. The SMILES string of the molecule is O=C(F)C(F)(F)OC(F)(C(F)(F)F)C(F)(F)OC(F)=C(F)F. The first-order valence-corrected chi connectivity index (χ1v) is 4.29. The summed E-state index contributed by atoms with van der Waals surface area (Å²) in [5.74, 6) is -7.06. The van der Waals surface area contributed by atoms with Gasteiger partial charge in [0.25, 0.3) is 0 Å². The highest BCUT2D eigenvalue weighted by molar-refractivity contribution is 5.74. The number of rotatable bonds is 6. The molecule has 0 saturated heterocycles. The van der Waals surface area contributed by atoms with Crippen LogP contribution in [0, 0.1) is 0 Å². The van der Waals surface area contributed by atoms with Gasteiger partial charge in [-0.2, -0.15) is 52.7 Å². The molecule has 0 N–H and O–H groups in total. The maximum absolute atomic E-state index is 13.1. The van der Waals surface area contributed by atoms with Crippen LogP contribution in [0.2, 0.25) is 0 Å². The third-order valence-corrected chi connectivity index (χ3v) is 1.60. The molecule has 0 aromatic carbocycles. The van der Waals surface area contributed by atoms with Crippen molar-refractivity contribution in [2.24, 2.45) is 0 Å². The minimum absolute atomic E-state index is 1.74. The Kier molecular flexibility index (Phi) is 5.40. The van der Waals surface area contributed by atoms with Gasteiger partial charge >= 0.3 is 42.4 Å². The highest BCUT2D eigenvalue weighted by atomic mass is 19.4. The van der Waals surface area contributed by atoms with Gasteiger partial charge in [0, 0.05) is 0 Å². The van der Waals surface area contributed by atoms with Gasteiger partial charge in [-0.05, 0) is 0 Å². The van der Waals surface area contributed by atoms with E-state index in [1.54, 1.807) is 4.74 Å². The summed E-state index contributed by atoms with van der Waals surface area (Å²) in [6, 6.07) is -7.91. The van der Waals surface area contributed by atoms with Crippen molar-refractivity contribution in [1.29, 1.82) is 0 Å². The summed E-state index contributed by atoms with van der Waals surface area (Å²) in [7, 11) is 0. The van der Waals surface area contributed by atoms with E-state index in [4.69, 9.17) is 0 Å². The number of hydrogen-bond donors (Lipinski definition) is 0. The van der Waals surface area contributed by atoms with Gasteiger partial charge < -0.3 is 4.74 Å². The molecular formula is C7F12O3. The molecule has 0 amide bonds. The maximum atomic E-state index is 13.1. The first-order valence-electron chi connectivity index (χ1n) is 4.29. The normalized spacial score (nSPS) is 16.0. The smallest absolute Gasteiger partial charge is 0.398 e. The molecule has 0 radical (unpaired) electrons. The summed E-state index contributed by atoms with van der Waals surface area (Å²) >= 11 is 0. The fourth-order valence-corrected chi connectivity index (χ4v) is 0.716. The number of hydrogen-bond acceptors (Lipinski definition) is 3. The first kappa shape index (κ1) is 20.3. The second kappa shape index (κ2) is 5.85. The average Bonchev–Trinajstić information content (AvgIpc) is 2.25. The topological polar surface area (TPSA) is 35.5 Å². The number of alkyl halides is 8. The zero-order chi connectivity index (χ0) is 18.1. The third kappa shape index (κ3) is 3.95. The summed E-state index contributed by atoms with van der Waals surface area (Å²) in [5, 5.41) is 0. The Bertz CT molecular complexity index is 464. The molecule has 1 atom stereocenters. The quantitative estimate of drug-likeness (QED) is 0.409. The Hall–Kier alpha value is -1.67. The van der Waals surface area contributed by atoms with Crippen LogP contribution < -0.4 is 0 Å². The van der Waals surface area contributed by atoms with Gasteiger partial charge in [-0.1, -0.05) is 0 Å². The lowest BCUT2D eigenvalue weighted by Crippen LogP contribution is -2.61. The van der Waals surface area contributed by atoms with Gasteiger partial charge in [-0.25, -0.2) is 0 Å². The third-order valence-electron chi connectivity index (χ3n) is 1.60. The molecule has 1 unspecified atom stereocenters. The van der Waals surface area contributed by atoms with Crippen LogP contribution in [-0.4, -0.2) is 30.3 Å². The van der Waals surface area contributed by atoms with E-state index in [2.05, 4.69) is 0 Å². The van der Waals surface area contributed by atoms with Crippen molar-refractivity contribution in [2.75, 3.05) is 0 Å². The molecule has 0 saturated carbocycles. The second-order valence-electron chi connectivity index (χ2n) is 3.14. The molecule has 0 aliphatic carbocycles. The minimum atomic E-state index is -7.19. The number of ether oxygens (including phenoxy) is 2. The van der Waals surface area contributed by atoms with E-state index >= 15 is 0 Å². The summed E-state index contributed by atoms with van der Waals surface area (Å²) < 4.78 is 150. The summed E-state index contributed by atoms with van der Waals surface area (Å²) in [5.41, 5.74) is 0. The highest BCUT2D eigenvalue weighted by Gasteiger charge is 2.79. The number of carbonyl (C=O) groups excluding carboxylic acids is 1. The van der Waals surface area contributed by atoms with E-state index in [0.717, 1.165) is 0 Å². The summed E-state index contributed by atoms with van der Waals surface area (Å²) in [4.78, 5) is 9.56. The van der Waals surface area contributed by atoms with Crippen LogP contribution in [0.1, 0.15) is 0 Å². The number of carbonyl (C=O) groups is 1. The molecule has 130 valence electrons. The van der Waals surface area contributed by atoms with Crippen LogP contribution in [0.4, 0.5) is 52.7 Å². The zero-order valence-corrected chi connectivity index (χ0v) is 9.26. The van der Waals surface area contributed by atoms with E-state index in [-0.39, 0.29) is 0 Å². The van der Waals surface area contributed by atoms with Gasteiger partial charge in [0.2, 0.25) is 0 Å². The zero-order valence-electron chi connectivity index (χ0n) is 9.26. The van der Waals surface area contributed by atoms with Crippen LogP contribution >= 0.6 is 0 Å². The second-order valence-corrected chi connectivity index (χ2v) is 3.14. The lowest BCUT2D eigenvalue weighted by atomic mass is 10.2. The van der Waals surface area contributed by atoms with Gasteiger partial charge in [-0.15, -0.1) is 0 Å². The molecular weight excluding hydrogens is 360 g/mol. The van der Waals surface area contributed by atoms with Crippen molar-refractivity contribution in [3.05, 3.63) is 12.1 Å². The van der Waals surface area contributed by atoms with E-state index in [0.29, 0.717) is 0 Å². The molecule has 0 aliphatic rings. The maximum Gasteiger partial charge on any atom is 0.471 e. The molecule has 0 aliphatic heterocycles. The van der Waals surface area contributed by atoms with E-state index in [9.17, 15) is 57.5 Å².